The Balaban J connectivity index is 3.48. The van der Waals surface area contributed by atoms with E-state index in [-0.39, 0.29) is 12.1 Å². The molecule has 1 N–H and O–H groups in total. The molecule has 16 heavy (non-hydrogen) atoms. The van der Waals surface area contributed by atoms with Crippen molar-refractivity contribution in [1.29, 1.82) is 0 Å². The third-order valence-electron chi connectivity index (χ3n) is 2.09. The molecule has 0 radical (unpaired) electrons. The second-order valence-electron chi connectivity index (χ2n) is 3.54. The molecule has 0 aromatic heterocycles. The lowest BCUT2D eigenvalue weighted by Crippen LogP contribution is -2.04. The Morgan fingerprint density at radius 3 is 2.81 bits per heavy atom. The summed E-state index contributed by atoms with van der Waals surface area (Å²) in [6, 6.07) is 0. The summed E-state index contributed by atoms with van der Waals surface area (Å²) in [4.78, 5) is 10.9. The molecule has 0 amide bonds. The highest BCUT2D eigenvalue weighted by molar-refractivity contribution is 5.81. The van der Waals surface area contributed by atoms with Crippen molar-refractivity contribution >= 4 is 5.97 Å². The third-order valence-corrected chi connectivity index (χ3v) is 2.09. The Labute approximate surface area is 97.8 Å². The van der Waals surface area contributed by atoms with Crippen molar-refractivity contribution in [3.63, 3.8) is 0 Å². The zero-order valence-corrected chi connectivity index (χ0v) is 10.2. The van der Waals surface area contributed by atoms with Crippen LogP contribution in [0.2, 0.25) is 0 Å². The molecule has 0 heterocycles. The van der Waals surface area contributed by atoms with Gasteiger partial charge in [-0.05, 0) is 39.5 Å². The Bertz CT molecular complexity index is 231. The molecule has 0 aliphatic carbocycles. The van der Waals surface area contributed by atoms with Crippen LogP contribution in [0.1, 0.15) is 39.5 Å². The molecule has 0 rings (SSSR count). The highest BCUT2D eigenvalue weighted by atomic mass is 16.5. The van der Waals surface area contributed by atoms with Gasteiger partial charge in [-0.15, -0.1) is 0 Å². The van der Waals surface area contributed by atoms with Crippen LogP contribution in [0.3, 0.4) is 0 Å². The van der Waals surface area contributed by atoms with Gasteiger partial charge in [0.15, 0.2) is 0 Å². The van der Waals surface area contributed by atoms with E-state index < -0.39 is 0 Å². The highest BCUT2D eigenvalue weighted by Crippen LogP contribution is 2.05. The van der Waals surface area contributed by atoms with Crippen LogP contribution >= 0.6 is 0 Å². The summed E-state index contributed by atoms with van der Waals surface area (Å²) in [7, 11) is 0. The number of aliphatic hydroxyl groups is 1. The molecular weight excluding hydrogens is 204 g/mol. The van der Waals surface area contributed by atoms with Gasteiger partial charge in [-0.2, -0.15) is 0 Å². The van der Waals surface area contributed by atoms with E-state index in [1.807, 2.05) is 19.1 Å². The van der Waals surface area contributed by atoms with Gasteiger partial charge in [-0.25, -0.2) is 4.79 Å². The highest BCUT2D eigenvalue weighted by Gasteiger charge is 2.00. The van der Waals surface area contributed by atoms with E-state index >= 15 is 0 Å². The lowest BCUT2D eigenvalue weighted by atomic mass is 10.1. The number of unbranched alkanes of at least 4 members (excludes halogenated alkanes) is 1. The maximum atomic E-state index is 10.9. The fourth-order valence-corrected chi connectivity index (χ4v) is 1.25. The van der Waals surface area contributed by atoms with Gasteiger partial charge in [-0.1, -0.05) is 18.2 Å². The number of aliphatic hydroxyl groups excluding tert-OH is 1. The lowest BCUT2D eigenvalue weighted by molar-refractivity contribution is -0.137. The number of allylic oxidation sites excluding steroid dienone is 2. The monoisotopic (exact) mass is 226 g/mol. The number of rotatable bonds is 8. The minimum Gasteiger partial charge on any atom is -0.463 e. The zero-order chi connectivity index (χ0) is 12.2. The van der Waals surface area contributed by atoms with Gasteiger partial charge < -0.3 is 9.84 Å². The smallest absolute Gasteiger partial charge is 0.330 e. The average molecular weight is 226 g/mol. The Hall–Kier alpha value is -1.09. The summed E-state index contributed by atoms with van der Waals surface area (Å²) < 4.78 is 4.74. The van der Waals surface area contributed by atoms with E-state index in [4.69, 9.17) is 4.74 Å². The van der Waals surface area contributed by atoms with Crippen LogP contribution in [-0.4, -0.2) is 23.8 Å². The Kier molecular flexibility index (Phi) is 9.72. The lowest BCUT2D eigenvalue weighted by Gasteiger charge is -2.05. The molecule has 0 saturated carbocycles. The van der Waals surface area contributed by atoms with Crippen molar-refractivity contribution < 1.29 is 14.6 Å². The molecule has 0 saturated heterocycles. The summed E-state index contributed by atoms with van der Waals surface area (Å²) in [5, 5.41) is 9.51. The summed E-state index contributed by atoms with van der Waals surface area (Å²) in [5.74, 6) is -0.294. The van der Waals surface area contributed by atoms with E-state index in [2.05, 4.69) is 0 Å². The quantitative estimate of drug-likeness (QED) is 0.299. The van der Waals surface area contributed by atoms with Crippen LogP contribution in [0.4, 0.5) is 0 Å². The van der Waals surface area contributed by atoms with E-state index in [0.29, 0.717) is 13.0 Å². The van der Waals surface area contributed by atoms with E-state index in [1.165, 1.54) is 6.08 Å². The molecular formula is C13H22O3. The number of hydrogen-bond donors (Lipinski definition) is 1. The molecule has 0 spiro atoms. The molecule has 3 nitrogen and oxygen atoms in total. The predicted molar refractivity (Wildman–Crippen MR) is 65.1 cm³/mol. The van der Waals surface area contributed by atoms with Crippen molar-refractivity contribution in [2.75, 3.05) is 6.61 Å². The van der Waals surface area contributed by atoms with Gasteiger partial charge in [0.25, 0.3) is 0 Å². The van der Waals surface area contributed by atoms with E-state index in [0.717, 1.165) is 19.3 Å². The van der Waals surface area contributed by atoms with Crippen LogP contribution in [-0.2, 0) is 9.53 Å². The van der Waals surface area contributed by atoms with Crippen LogP contribution in [0, 0.1) is 0 Å². The predicted octanol–water partition coefficient (Wildman–Crippen LogP) is 2.60. The maximum absolute atomic E-state index is 10.9. The Morgan fingerprint density at radius 1 is 1.44 bits per heavy atom. The van der Waals surface area contributed by atoms with Crippen LogP contribution in [0.5, 0.6) is 0 Å². The van der Waals surface area contributed by atoms with Crippen LogP contribution in [0.15, 0.2) is 24.3 Å². The molecule has 0 fully saturated rings. The molecule has 0 aliphatic rings. The normalized spacial score (nSPS) is 13.4. The topological polar surface area (TPSA) is 46.5 Å². The Morgan fingerprint density at radius 2 is 2.19 bits per heavy atom. The molecule has 92 valence electrons. The minimum atomic E-state index is -0.294. The summed E-state index contributed by atoms with van der Waals surface area (Å²) in [5.41, 5.74) is 0. The number of carbonyl (C=O) groups excluding carboxylic acids is 1. The summed E-state index contributed by atoms with van der Waals surface area (Å²) in [6.45, 7) is 4.13. The van der Waals surface area contributed by atoms with Gasteiger partial charge in [0.1, 0.15) is 0 Å². The standard InChI is InChI=1S/C13H22O3/c1-3-5-9-12(14)10-7-6-8-11-13(15)16-4-2/h3,5,8,11-12,14H,4,6-7,9-10H2,1-2H3/b5-3-,11-8+/t12-/m1/s1. The van der Waals surface area contributed by atoms with Crippen molar-refractivity contribution in [3.8, 4) is 0 Å². The van der Waals surface area contributed by atoms with E-state index in [1.54, 1.807) is 13.0 Å². The molecule has 0 aliphatic heterocycles. The van der Waals surface area contributed by atoms with Crippen LogP contribution in [0.25, 0.3) is 0 Å². The molecule has 1 atom stereocenters. The van der Waals surface area contributed by atoms with Gasteiger partial charge in [0, 0.05) is 6.08 Å². The maximum Gasteiger partial charge on any atom is 0.330 e. The summed E-state index contributed by atoms with van der Waals surface area (Å²) in [6.07, 6.45) is 10.0. The number of ether oxygens (including phenoxy) is 1. The first-order chi connectivity index (χ1) is 7.70. The molecule has 0 bridgehead atoms. The largest absolute Gasteiger partial charge is 0.463 e. The fourth-order valence-electron chi connectivity index (χ4n) is 1.25. The number of hydrogen-bond acceptors (Lipinski definition) is 3. The first-order valence-electron chi connectivity index (χ1n) is 5.83. The number of carbonyl (C=O) groups is 1. The molecule has 0 aromatic rings. The first kappa shape index (κ1) is 14.9. The SMILES string of the molecule is C/C=C\C[C@@H](O)CCC/C=C/C(=O)OCC. The summed E-state index contributed by atoms with van der Waals surface area (Å²) >= 11 is 0. The van der Waals surface area contributed by atoms with Crippen molar-refractivity contribution in [2.45, 2.75) is 45.6 Å². The minimum absolute atomic E-state index is 0.271. The molecule has 0 aromatic carbocycles. The third kappa shape index (κ3) is 9.46. The second kappa shape index (κ2) is 10.4. The van der Waals surface area contributed by atoms with Gasteiger partial charge in [0.05, 0.1) is 12.7 Å². The van der Waals surface area contributed by atoms with Gasteiger partial charge in [0.2, 0.25) is 0 Å². The van der Waals surface area contributed by atoms with E-state index in [9.17, 15) is 9.90 Å². The zero-order valence-electron chi connectivity index (χ0n) is 10.2. The van der Waals surface area contributed by atoms with Crippen molar-refractivity contribution in [3.05, 3.63) is 24.3 Å². The molecule has 3 heteroatoms. The van der Waals surface area contributed by atoms with Crippen molar-refractivity contribution in [1.82, 2.24) is 0 Å². The average Bonchev–Trinajstić information content (AvgIpc) is 2.26. The number of esters is 1. The molecule has 0 unspecified atom stereocenters. The first-order valence-corrected chi connectivity index (χ1v) is 5.83. The van der Waals surface area contributed by atoms with Crippen molar-refractivity contribution in [2.24, 2.45) is 0 Å². The van der Waals surface area contributed by atoms with Gasteiger partial charge in [-0.3, -0.25) is 0 Å². The van der Waals surface area contributed by atoms with Gasteiger partial charge >= 0.3 is 5.97 Å². The fraction of sp³-hybridized carbons (Fsp3) is 0.615. The van der Waals surface area contributed by atoms with Crippen LogP contribution < -0.4 is 0 Å². The second-order valence-corrected chi connectivity index (χ2v) is 3.54.